The number of amides is 1. The van der Waals surface area contributed by atoms with Crippen LogP contribution in [-0.4, -0.2) is 28.8 Å². The lowest BCUT2D eigenvalue weighted by Crippen LogP contribution is -2.45. The maximum atomic E-state index is 12.7. The van der Waals surface area contributed by atoms with Crippen LogP contribution in [0.25, 0.3) is 0 Å². The largest absolute Gasteiger partial charge is 0.445 e. The normalized spacial score (nSPS) is 11.3. The molecule has 0 radical (unpaired) electrons. The van der Waals surface area contributed by atoms with Gasteiger partial charge >= 0.3 is 12.1 Å². The number of thioether (sulfide) groups is 1. The van der Waals surface area contributed by atoms with Crippen molar-refractivity contribution in [3.63, 3.8) is 0 Å². The lowest BCUT2D eigenvalue weighted by Gasteiger charge is -2.17. The average molecular weight is 467 g/mol. The Balaban J connectivity index is 1.60. The van der Waals surface area contributed by atoms with E-state index in [2.05, 4.69) is 5.32 Å². The number of alkyl carbamates (subject to hydrolysis) is 1. The molecule has 3 aromatic rings. The Hall–Kier alpha value is -3.85. The predicted molar refractivity (Wildman–Crippen MR) is 125 cm³/mol. The third-order valence-corrected chi connectivity index (χ3v) is 5.56. The van der Waals surface area contributed by atoms with Crippen molar-refractivity contribution in [2.75, 3.05) is 5.75 Å². The van der Waals surface area contributed by atoms with Crippen LogP contribution in [0.5, 0.6) is 5.75 Å². The molecule has 0 aromatic heterocycles. The summed E-state index contributed by atoms with van der Waals surface area (Å²) in [6.07, 6.45) is -0.746. The van der Waals surface area contributed by atoms with Gasteiger partial charge in [0, 0.05) is 23.6 Å². The highest BCUT2D eigenvalue weighted by Crippen LogP contribution is 2.19. The topological polar surface area (TPSA) is 108 Å². The molecule has 1 N–H and O–H groups in total. The molecule has 0 saturated heterocycles. The first-order chi connectivity index (χ1) is 16.0. The maximum Gasteiger partial charge on any atom is 0.408 e. The molecular formula is C24H22N2O6S. The molecule has 0 aliphatic heterocycles. The standard InChI is InChI=1S/C24H22N2O6S/c27-23(32-21-13-11-20(12-14-21)26(29)30)22(17-33-16-19-9-5-2-6-10-19)25-24(28)31-15-18-7-3-1-4-8-18/h1-14,22H,15-17H2,(H,25,28)/t22-/m1/s1. The summed E-state index contributed by atoms with van der Waals surface area (Å²) in [7, 11) is 0. The number of esters is 1. The van der Waals surface area contributed by atoms with Gasteiger partial charge in [-0.15, -0.1) is 0 Å². The maximum absolute atomic E-state index is 12.7. The van der Waals surface area contributed by atoms with E-state index in [1.165, 1.54) is 36.0 Å². The van der Waals surface area contributed by atoms with Gasteiger partial charge in [0.2, 0.25) is 0 Å². The number of nitrogens with one attached hydrogen (secondary N) is 1. The van der Waals surface area contributed by atoms with Gasteiger partial charge < -0.3 is 14.8 Å². The van der Waals surface area contributed by atoms with Crippen LogP contribution < -0.4 is 10.1 Å². The summed E-state index contributed by atoms with van der Waals surface area (Å²) >= 11 is 1.46. The third-order valence-electron chi connectivity index (χ3n) is 4.45. The molecule has 0 spiro atoms. The van der Waals surface area contributed by atoms with Crippen LogP contribution in [0.3, 0.4) is 0 Å². The molecule has 170 valence electrons. The first kappa shape index (κ1) is 23.8. The molecule has 8 nitrogen and oxygen atoms in total. The number of hydrogen-bond donors (Lipinski definition) is 1. The van der Waals surface area contributed by atoms with E-state index >= 15 is 0 Å². The summed E-state index contributed by atoms with van der Waals surface area (Å²) in [6.45, 7) is 0.0634. The highest BCUT2D eigenvalue weighted by molar-refractivity contribution is 7.98. The third kappa shape index (κ3) is 7.97. The molecule has 33 heavy (non-hydrogen) atoms. The van der Waals surface area contributed by atoms with E-state index in [1.807, 2.05) is 60.7 Å². The number of benzene rings is 3. The Bertz CT molecular complexity index is 1060. The quantitative estimate of drug-likeness (QED) is 0.199. The first-order valence-electron chi connectivity index (χ1n) is 10.1. The van der Waals surface area contributed by atoms with Gasteiger partial charge in [-0.2, -0.15) is 11.8 Å². The van der Waals surface area contributed by atoms with Crippen LogP contribution in [0.1, 0.15) is 11.1 Å². The van der Waals surface area contributed by atoms with E-state index < -0.39 is 23.0 Å². The van der Waals surface area contributed by atoms with Crippen LogP contribution in [-0.2, 0) is 21.9 Å². The fraction of sp³-hybridized carbons (Fsp3) is 0.167. The first-order valence-corrected chi connectivity index (χ1v) is 11.2. The van der Waals surface area contributed by atoms with Gasteiger partial charge in [-0.25, -0.2) is 9.59 Å². The van der Waals surface area contributed by atoms with E-state index in [-0.39, 0.29) is 23.8 Å². The van der Waals surface area contributed by atoms with Gasteiger partial charge in [0.1, 0.15) is 18.4 Å². The number of ether oxygens (including phenoxy) is 2. The van der Waals surface area contributed by atoms with E-state index in [1.54, 1.807) is 0 Å². The van der Waals surface area contributed by atoms with Gasteiger partial charge in [-0.3, -0.25) is 10.1 Å². The van der Waals surface area contributed by atoms with Gasteiger partial charge in [-0.1, -0.05) is 60.7 Å². The number of nitro groups is 1. The number of carbonyl (C=O) groups excluding carboxylic acids is 2. The lowest BCUT2D eigenvalue weighted by molar-refractivity contribution is -0.384. The fourth-order valence-corrected chi connectivity index (χ4v) is 3.77. The molecule has 0 saturated carbocycles. The minimum Gasteiger partial charge on any atom is -0.445 e. The summed E-state index contributed by atoms with van der Waals surface area (Å²) in [5.41, 5.74) is 1.78. The van der Waals surface area contributed by atoms with Crippen molar-refractivity contribution in [1.29, 1.82) is 0 Å². The molecule has 1 atom stereocenters. The molecule has 0 bridgehead atoms. The van der Waals surface area contributed by atoms with Crippen molar-refractivity contribution in [1.82, 2.24) is 5.32 Å². The molecule has 9 heteroatoms. The van der Waals surface area contributed by atoms with Crippen LogP contribution in [0.4, 0.5) is 10.5 Å². The Morgan fingerprint density at radius 1 is 0.909 bits per heavy atom. The summed E-state index contributed by atoms with van der Waals surface area (Å²) in [6, 6.07) is 23.1. The highest BCUT2D eigenvalue weighted by atomic mass is 32.2. The molecule has 3 rings (SSSR count). The van der Waals surface area contributed by atoms with E-state index in [4.69, 9.17) is 9.47 Å². The van der Waals surface area contributed by atoms with Crippen molar-refractivity contribution in [2.45, 2.75) is 18.4 Å². The molecular weight excluding hydrogens is 444 g/mol. The van der Waals surface area contributed by atoms with E-state index in [0.717, 1.165) is 11.1 Å². The van der Waals surface area contributed by atoms with Gasteiger partial charge in [0.15, 0.2) is 0 Å². The molecule has 0 aliphatic rings. The van der Waals surface area contributed by atoms with Crippen molar-refractivity contribution in [2.24, 2.45) is 0 Å². The summed E-state index contributed by atoms with van der Waals surface area (Å²) in [4.78, 5) is 35.3. The van der Waals surface area contributed by atoms with Gasteiger partial charge in [0.05, 0.1) is 4.92 Å². The molecule has 3 aromatic carbocycles. The fourth-order valence-electron chi connectivity index (χ4n) is 2.77. The summed E-state index contributed by atoms with van der Waals surface area (Å²) in [5.74, 6) is 0.341. The zero-order valence-corrected chi connectivity index (χ0v) is 18.4. The zero-order valence-electron chi connectivity index (χ0n) is 17.6. The molecule has 0 fully saturated rings. The number of carbonyl (C=O) groups is 2. The Kier molecular flexibility index (Phi) is 8.84. The Morgan fingerprint density at radius 3 is 2.12 bits per heavy atom. The van der Waals surface area contributed by atoms with Gasteiger partial charge in [0.25, 0.3) is 5.69 Å². The van der Waals surface area contributed by atoms with Gasteiger partial charge in [-0.05, 0) is 23.3 Å². The van der Waals surface area contributed by atoms with Crippen LogP contribution in [0.15, 0.2) is 84.9 Å². The molecule has 0 heterocycles. The molecule has 0 aliphatic carbocycles. The van der Waals surface area contributed by atoms with E-state index in [9.17, 15) is 19.7 Å². The van der Waals surface area contributed by atoms with Crippen LogP contribution in [0, 0.1) is 10.1 Å². The minimum atomic E-state index is -0.975. The predicted octanol–water partition coefficient (Wildman–Crippen LogP) is 4.73. The Morgan fingerprint density at radius 2 is 1.52 bits per heavy atom. The lowest BCUT2D eigenvalue weighted by atomic mass is 10.2. The van der Waals surface area contributed by atoms with Crippen molar-refractivity contribution < 1.29 is 24.0 Å². The molecule has 0 unspecified atom stereocenters. The number of non-ortho nitro benzene ring substituents is 1. The second-order valence-electron chi connectivity index (χ2n) is 6.93. The van der Waals surface area contributed by atoms with Crippen molar-refractivity contribution >= 4 is 29.5 Å². The second-order valence-corrected chi connectivity index (χ2v) is 7.96. The van der Waals surface area contributed by atoms with E-state index in [0.29, 0.717) is 5.75 Å². The van der Waals surface area contributed by atoms with Crippen LogP contribution in [0.2, 0.25) is 0 Å². The Labute approximate surface area is 195 Å². The van der Waals surface area contributed by atoms with Crippen LogP contribution >= 0.6 is 11.8 Å². The SMILES string of the molecule is O=C(N[C@H](CSCc1ccccc1)C(=O)Oc1ccc([N+](=O)[O-])cc1)OCc1ccccc1. The number of nitrogens with zero attached hydrogens (tertiary/aromatic N) is 1. The number of rotatable bonds is 10. The molecule has 1 amide bonds. The highest BCUT2D eigenvalue weighted by Gasteiger charge is 2.24. The van der Waals surface area contributed by atoms with Crippen molar-refractivity contribution in [3.05, 3.63) is 106 Å². The smallest absolute Gasteiger partial charge is 0.408 e. The number of nitro benzene ring substituents is 1. The number of hydrogen-bond acceptors (Lipinski definition) is 7. The minimum absolute atomic E-state index is 0.0634. The summed E-state index contributed by atoms with van der Waals surface area (Å²) < 4.78 is 10.6. The van der Waals surface area contributed by atoms with Crippen molar-refractivity contribution in [3.8, 4) is 5.75 Å². The summed E-state index contributed by atoms with van der Waals surface area (Å²) in [5, 5.41) is 13.4. The zero-order chi connectivity index (χ0) is 23.5. The average Bonchev–Trinajstić information content (AvgIpc) is 2.84. The monoisotopic (exact) mass is 466 g/mol. The second kappa shape index (κ2) is 12.3.